The van der Waals surface area contributed by atoms with Crippen molar-refractivity contribution in [2.24, 2.45) is 0 Å². The second-order valence-electron chi connectivity index (χ2n) is 6.85. The number of halogens is 1. The molecule has 2 aliphatic rings. The Kier molecular flexibility index (Phi) is 5.11. The van der Waals surface area contributed by atoms with Crippen LogP contribution in [0.15, 0.2) is 24.3 Å². The Morgan fingerprint density at radius 2 is 1.82 bits per heavy atom. The summed E-state index contributed by atoms with van der Waals surface area (Å²) in [5.41, 5.74) is 1.08. The van der Waals surface area contributed by atoms with Crippen molar-refractivity contribution in [2.75, 3.05) is 26.2 Å². The first-order valence-corrected chi connectivity index (χ1v) is 8.46. The molecule has 0 spiro atoms. The zero-order valence-electron chi connectivity index (χ0n) is 13.7. The minimum absolute atomic E-state index is 0.135. The van der Waals surface area contributed by atoms with Crippen LogP contribution in [0.4, 0.5) is 4.39 Å². The van der Waals surface area contributed by atoms with Crippen LogP contribution < -0.4 is 0 Å². The maximum Gasteiger partial charge on any atom is 0.123 e. The average molecular weight is 306 g/mol. The van der Waals surface area contributed by atoms with Crippen molar-refractivity contribution >= 4 is 0 Å². The molecular weight excluding hydrogens is 279 g/mol. The van der Waals surface area contributed by atoms with Gasteiger partial charge in [0.2, 0.25) is 0 Å². The molecule has 4 heteroatoms. The molecule has 3 nitrogen and oxygen atoms in total. The highest BCUT2D eigenvalue weighted by Gasteiger charge is 2.30. The summed E-state index contributed by atoms with van der Waals surface area (Å²) >= 11 is 0. The van der Waals surface area contributed by atoms with E-state index in [0.717, 1.165) is 38.3 Å². The van der Waals surface area contributed by atoms with Gasteiger partial charge in [0.15, 0.2) is 0 Å². The maximum atomic E-state index is 13.3. The summed E-state index contributed by atoms with van der Waals surface area (Å²) in [6, 6.07) is 7.65. The van der Waals surface area contributed by atoms with Crippen molar-refractivity contribution in [3.63, 3.8) is 0 Å². The predicted octanol–water partition coefficient (Wildman–Crippen LogP) is 2.90. The van der Waals surface area contributed by atoms with Gasteiger partial charge < -0.3 is 4.74 Å². The summed E-state index contributed by atoms with van der Waals surface area (Å²) in [4.78, 5) is 5.05. The number of piperidine rings is 1. The molecule has 1 aromatic carbocycles. The normalized spacial score (nSPS) is 28.9. The number of ether oxygens (including phenoxy) is 1. The van der Waals surface area contributed by atoms with E-state index in [2.05, 4.69) is 23.6 Å². The van der Waals surface area contributed by atoms with Crippen LogP contribution in [0.1, 0.15) is 32.3 Å². The molecule has 0 bridgehead atoms. The summed E-state index contributed by atoms with van der Waals surface area (Å²) in [5.74, 6) is -0.135. The van der Waals surface area contributed by atoms with Crippen molar-refractivity contribution in [1.82, 2.24) is 9.80 Å². The molecule has 1 aromatic rings. The lowest BCUT2D eigenvalue weighted by Crippen LogP contribution is -2.53. The van der Waals surface area contributed by atoms with E-state index in [1.807, 2.05) is 6.07 Å². The van der Waals surface area contributed by atoms with Gasteiger partial charge in [-0.2, -0.15) is 0 Å². The van der Waals surface area contributed by atoms with E-state index in [-0.39, 0.29) is 5.82 Å². The van der Waals surface area contributed by atoms with E-state index in [1.54, 1.807) is 12.1 Å². The minimum atomic E-state index is -0.135. The molecule has 3 rings (SSSR count). The highest BCUT2D eigenvalue weighted by Crippen LogP contribution is 2.22. The summed E-state index contributed by atoms with van der Waals surface area (Å²) < 4.78 is 19.1. The van der Waals surface area contributed by atoms with Gasteiger partial charge >= 0.3 is 0 Å². The van der Waals surface area contributed by atoms with Crippen molar-refractivity contribution in [3.05, 3.63) is 35.6 Å². The zero-order chi connectivity index (χ0) is 15.5. The number of nitrogens with zero attached hydrogens (tertiary/aromatic N) is 2. The van der Waals surface area contributed by atoms with E-state index < -0.39 is 0 Å². The molecular formula is C18H27FN2O. The molecule has 0 radical (unpaired) electrons. The smallest absolute Gasteiger partial charge is 0.123 e. The fourth-order valence-electron chi connectivity index (χ4n) is 3.85. The number of benzene rings is 1. The standard InChI is InChI=1S/C18H27FN2O/c1-14-11-21(12-15(2)22-14)18-6-8-20(9-7-18)13-16-4-3-5-17(19)10-16/h3-5,10,14-15,18H,6-9,11-13H2,1-2H3/t14-,15+. The fraction of sp³-hybridized carbons (Fsp3) is 0.667. The van der Waals surface area contributed by atoms with Gasteiger partial charge in [0, 0.05) is 25.7 Å². The summed E-state index contributed by atoms with van der Waals surface area (Å²) in [7, 11) is 0. The van der Waals surface area contributed by atoms with Crippen molar-refractivity contribution in [1.29, 1.82) is 0 Å². The van der Waals surface area contributed by atoms with Crippen molar-refractivity contribution < 1.29 is 9.13 Å². The van der Waals surface area contributed by atoms with Gasteiger partial charge in [0.1, 0.15) is 5.82 Å². The van der Waals surface area contributed by atoms with Crippen LogP contribution in [-0.4, -0.2) is 54.2 Å². The third-order valence-electron chi connectivity index (χ3n) is 4.82. The van der Waals surface area contributed by atoms with E-state index >= 15 is 0 Å². The molecule has 22 heavy (non-hydrogen) atoms. The van der Waals surface area contributed by atoms with Gasteiger partial charge in [-0.1, -0.05) is 12.1 Å². The molecule has 2 aliphatic heterocycles. The second kappa shape index (κ2) is 7.07. The molecule has 2 atom stereocenters. The van der Waals surface area contributed by atoms with E-state index in [4.69, 9.17) is 4.74 Å². The van der Waals surface area contributed by atoms with Crippen LogP contribution in [0.3, 0.4) is 0 Å². The lowest BCUT2D eigenvalue weighted by Gasteiger charge is -2.43. The molecule has 2 saturated heterocycles. The SMILES string of the molecule is C[C@@H]1CN(C2CCN(Cc3cccc(F)c3)CC2)C[C@H](C)O1. The Morgan fingerprint density at radius 3 is 2.45 bits per heavy atom. The fourth-order valence-corrected chi connectivity index (χ4v) is 3.85. The van der Waals surface area contributed by atoms with Crippen LogP contribution in [0.5, 0.6) is 0 Å². The van der Waals surface area contributed by atoms with E-state index in [9.17, 15) is 4.39 Å². The molecule has 0 saturated carbocycles. The monoisotopic (exact) mass is 306 g/mol. The second-order valence-corrected chi connectivity index (χ2v) is 6.85. The highest BCUT2D eigenvalue weighted by atomic mass is 19.1. The summed E-state index contributed by atoms with van der Waals surface area (Å²) in [5, 5.41) is 0. The molecule has 2 heterocycles. The number of rotatable bonds is 3. The molecule has 2 fully saturated rings. The Morgan fingerprint density at radius 1 is 1.14 bits per heavy atom. The van der Waals surface area contributed by atoms with Crippen molar-refractivity contribution in [3.8, 4) is 0 Å². The number of hydrogen-bond donors (Lipinski definition) is 0. The Balaban J connectivity index is 1.50. The first-order valence-electron chi connectivity index (χ1n) is 8.46. The molecule has 0 unspecified atom stereocenters. The predicted molar refractivity (Wildman–Crippen MR) is 86.3 cm³/mol. The highest BCUT2D eigenvalue weighted by molar-refractivity contribution is 5.16. The van der Waals surface area contributed by atoms with E-state index in [1.165, 1.54) is 18.9 Å². The van der Waals surface area contributed by atoms with Crippen LogP contribution in [0.25, 0.3) is 0 Å². The van der Waals surface area contributed by atoms with Gasteiger partial charge in [-0.25, -0.2) is 4.39 Å². The Labute approximate surface area is 133 Å². The van der Waals surface area contributed by atoms with Gasteiger partial charge in [-0.05, 0) is 57.5 Å². The number of morpholine rings is 1. The molecule has 122 valence electrons. The molecule has 0 amide bonds. The third kappa shape index (κ3) is 4.06. The van der Waals surface area contributed by atoms with Crippen LogP contribution >= 0.6 is 0 Å². The van der Waals surface area contributed by atoms with Gasteiger partial charge in [0.25, 0.3) is 0 Å². The first-order chi connectivity index (χ1) is 10.6. The molecule has 0 aliphatic carbocycles. The van der Waals surface area contributed by atoms with Gasteiger partial charge in [-0.3, -0.25) is 9.80 Å². The number of hydrogen-bond acceptors (Lipinski definition) is 3. The lowest BCUT2D eigenvalue weighted by atomic mass is 10.0. The van der Waals surface area contributed by atoms with Gasteiger partial charge in [-0.15, -0.1) is 0 Å². The topological polar surface area (TPSA) is 15.7 Å². The largest absolute Gasteiger partial charge is 0.373 e. The summed E-state index contributed by atoms with van der Waals surface area (Å²) in [6.07, 6.45) is 3.09. The zero-order valence-corrected chi connectivity index (χ0v) is 13.7. The van der Waals surface area contributed by atoms with E-state index in [0.29, 0.717) is 18.2 Å². The maximum absolute atomic E-state index is 13.3. The van der Waals surface area contributed by atoms with Crippen LogP contribution in [0, 0.1) is 5.82 Å². The van der Waals surface area contributed by atoms with Crippen molar-refractivity contribution in [2.45, 2.75) is 51.5 Å². The van der Waals surface area contributed by atoms with Crippen LogP contribution in [-0.2, 0) is 11.3 Å². The summed E-state index contributed by atoms with van der Waals surface area (Å²) in [6.45, 7) is 9.50. The number of likely N-dealkylation sites (tertiary alicyclic amines) is 1. The first kappa shape index (κ1) is 15.9. The third-order valence-corrected chi connectivity index (χ3v) is 4.82. The Bertz CT molecular complexity index is 478. The average Bonchev–Trinajstić information content (AvgIpc) is 2.47. The minimum Gasteiger partial charge on any atom is -0.373 e. The van der Waals surface area contributed by atoms with Gasteiger partial charge in [0.05, 0.1) is 12.2 Å². The Hall–Kier alpha value is -0.970. The molecule has 0 N–H and O–H groups in total. The quantitative estimate of drug-likeness (QED) is 0.854. The lowest BCUT2D eigenvalue weighted by molar-refractivity contribution is -0.0865. The van der Waals surface area contributed by atoms with Crippen LogP contribution in [0.2, 0.25) is 0 Å². The molecule has 0 aromatic heterocycles.